The lowest BCUT2D eigenvalue weighted by molar-refractivity contribution is 0.318. The van der Waals surface area contributed by atoms with Crippen LogP contribution in [0.4, 0.5) is 17.2 Å². The van der Waals surface area contributed by atoms with Gasteiger partial charge in [-0.1, -0.05) is 24.6 Å². The number of hydrogen-bond acceptors (Lipinski definition) is 7. The van der Waals surface area contributed by atoms with Gasteiger partial charge in [-0.05, 0) is 56.5 Å². The first-order valence-corrected chi connectivity index (χ1v) is 12.2. The SMILES string of the molecule is CCO.CCc1nc(-c2ccc(N(C)C)cc2Cl)n(C)c(=O)c1N.c1ccc(N2CCCC2)nc1. The summed E-state index contributed by atoms with van der Waals surface area (Å²) in [4.78, 5) is 25.3. The number of anilines is 3. The molecular formula is C26H37ClN6O2. The zero-order valence-electron chi connectivity index (χ0n) is 21.3. The van der Waals surface area contributed by atoms with E-state index in [4.69, 9.17) is 22.4 Å². The number of hydrogen-bond donors (Lipinski definition) is 2. The van der Waals surface area contributed by atoms with Crippen LogP contribution in [0.5, 0.6) is 0 Å². The van der Waals surface area contributed by atoms with Crippen LogP contribution in [0.15, 0.2) is 47.4 Å². The van der Waals surface area contributed by atoms with E-state index in [1.54, 1.807) is 14.0 Å². The maximum Gasteiger partial charge on any atom is 0.276 e. The van der Waals surface area contributed by atoms with E-state index >= 15 is 0 Å². The molecule has 1 aliphatic heterocycles. The van der Waals surface area contributed by atoms with Crippen molar-refractivity contribution in [2.24, 2.45) is 7.05 Å². The molecule has 0 amide bonds. The van der Waals surface area contributed by atoms with Crippen molar-refractivity contribution in [3.8, 4) is 11.4 Å². The van der Waals surface area contributed by atoms with Crippen LogP contribution in [0.2, 0.25) is 5.02 Å². The van der Waals surface area contributed by atoms with E-state index in [2.05, 4.69) is 20.9 Å². The van der Waals surface area contributed by atoms with E-state index in [-0.39, 0.29) is 17.9 Å². The van der Waals surface area contributed by atoms with E-state index in [9.17, 15) is 4.79 Å². The zero-order valence-corrected chi connectivity index (χ0v) is 22.1. The predicted octanol–water partition coefficient (Wildman–Crippen LogP) is 3.99. The summed E-state index contributed by atoms with van der Waals surface area (Å²) in [5.41, 5.74) is 8.06. The summed E-state index contributed by atoms with van der Waals surface area (Å²) in [5, 5.41) is 8.12. The normalized spacial score (nSPS) is 12.4. The molecule has 4 rings (SSSR count). The first-order valence-electron chi connectivity index (χ1n) is 11.8. The lowest BCUT2D eigenvalue weighted by Crippen LogP contribution is -2.25. The molecule has 35 heavy (non-hydrogen) atoms. The molecule has 2 aromatic heterocycles. The Labute approximate surface area is 213 Å². The lowest BCUT2D eigenvalue weighted by atomic mass is 10.1. The van der Waals surface area contributed by atoms with Crippen molar-refractivity contribution < 1.29 is 5.11 Å². The minimum Gasteiger partial charge on any atom is -0.397 e. The van der Waals surface area contributed by atoms with Gasteiger partial charge in [0.05, 0.1) is 10.7 Å². The Morgan fingerprint density at radius 3 is 2.31 bits per heavy atom. The van der Waals surface area contributed by atoms with Crippen molar-refractivity contribution in [2.45, 2.75) is 33.1 Å². The van der Waals surface area contributed by atoms with Crippen molar-refractivity contribution in [2.75, 3.05) is 49.3 Å². The molecule has 3 heterocycles. The van der Waals surface area contributed by atoms with Gasteiger partial charge in [-0.25, -0.2) is 9.97 Å². The van der Waals surface area contributed by atoms with Gasteiger partial charge in [0.25, 0.3) is 5.56 Å². The number of nitrogens with two attached hydrogens (primary N) is 1. The van der Waals surface area contributed by atoms with Crippen molar-refractivity contribution in [3.05, 3.63) is 63.7 Å². The smallest absolute Gasteiger partial charge is 0.276 e. The fourth-order valence-electron chi connectivity index (χ4n) is 3.62. The van der Waals surface area contributed by atoms with Crippen LogP contribution in [0.25, 0.3) is 11.4 Å². The molecule has 1 fully saturated rings. The van der Waals surface area contributed by atoms with Crippen LogP contribution in [0.3, 0.4) is 0 Å². The number of aliphatic hydroxyl groups is 1. The van der Waals surface area contributed by atoms with Gasteiger partial charge < -0.3 is 20.6 Å². The molecule has 0 unspecified atom stereocenters. The number of benzene rings is 1. The third-order valence-electron chi connectivity index (χ3n) is 5.53. The Balaban J connectivity index is 0.000000256. The van der Waals surface area contributed by atoms with Crippen LogP contribution >= 0.6 is 11.6 Å². The van der Waals surface area contributed by atoms with Gasteiger partial charge in [0.1, 0.15) is 17.3 Å². The molecule has 0 spiro atoms. The largest absolute Gasteiger partial charge is 0.397 e. The Kier molecular flexibility index (Phi) is 11.0. The molecule has 190 valence electrons. The highest BCUT2D eigenvalue weighted by Crippen LogP contribution is 2.30. The van der Waals surface area contributed by atoms with Crippen LogP contribution in [0.1, 0.15) is 32.4 Å². The van der Waals surface area contributed by atoms with Crippen molar-refractivity contribution in [1.82, 2.24) is 14.5 Å². The van der Waals surface area contributed by atoms with Gasteiger partial charge in [-0.2, -0.15) is 0 Å². The van der Waals surface area contributed by atoms with Gasteiger partial charge in [0.15, 0.2) is 0 Å². The Morgan fingerprint density at radius 2 is 1.80 bits per heavy atom. The highest BCUT2D eigenvalue weighted by atomic mass is 35.5. The summed E-state index contributed by atoms with van der Waals surface area (Å²) in [7, 11) is 5.53. The molecule has 1 saturated heterocycles. The number of aliphatic hydroxyl groups excluding tert-OH is 1. The minimum absolute atomic E-state index is 0.199. The van der Waals surface area contributed by atoms with Crippen molar-refractivity contribution in [3.63, 3.8) is 0 Å². The number of rotatable bonds is 4. The molecule has 3 N–H and O–H groups in total. The lowest BCUT2D eigenvalue weighted by Gasteiger charge is -2.16. The van der Waals surface area contributed by atoms with Gasteiger partial charge in [-0.15, -0.1) is 0 Å². The molecule has 8 nitrogen and oxygen atoms in total. The molecular weight excluding hydrogens is 464 g/mol. The minimum atomic E-state index is -0.246. The quantitative estimate of drug-likeness (QED) is 0.558. The summed E-state index contributed by atoms with van der Waals surface area (Å²) < 4.78 is 1.44. The maximum atomic E-state index is 12.2. The van der Waals surface area contributed by atoms with Crippen LogP contribution in [-0.4, -0.2) is 53.4 Å². The van der Waals surface area contributed by atoms with E-state index in [1.165, 1.54) is 30.5 Å². The van der Waals surface area contributed by atoms with Gasteiger partial charge in [0.2, 0.25) is 0 Å². The Hall–Kier alpha value is -3.10. The topological polar surface area (TPSA) is 101 Å². The number of nitrogens with zero attached hydrogens (tertiary/aromatic N) is 5. The average molecular weight is 501 g/mol. The third kappa shape index (κ3) is 7.44. The molecule has 9 heteroatoms. The molecule has 0 saturated carbocycles. The maximum absolute atomic E-state index is 12.2. The van der Waals surface area contributed by atoms with Crippen LogP contribution < -0.4 is 21.1 Å². The summed E-state index contributed by atoms with van der Waals surface area (Å²) in [6, 6.07) is 11.7. The standard InChI is InChI=1S/C15H19ClN4O.C9H12N2.C2H6O/c1-5-12-13(17)15(21)20(4)14(18-12)10-7-6-9(19(2)3)8-11(10)16;1-2-6-10-9(5-1)11-7-3-4-8-11;1-2-3/h6-8H,5,17H2,1-4H3;1-2,5-6H,3-4,7-8H2;3H,2H2,1H3. The molecule has 3 aromatic rings. The number of aryl methyl sites for hydroxylation is 1. The predicted molar refractivity (Wildman–Crippen MR) is 146 cm³/mol. The van der Waals surface area contributed by atoms with Crippen LogP contribution in [0, 0.1) is 0 Å². The van der Waals surface area contributed by atoms with Crippen LogP contribution in [-0.2, 0) is 13.5 Å². The summed E-state index contributed by atoms with van der Waals surface area (Å²) in [6.07, 6.45) is 5.09. The number of halogens is 1. The first kappa shape index (κ1) is 28.1. The highest BCUT2D eigenvalue weighted by molar-refractivity contribution is 6.33. The molecule has 0 aliphatic carbocycles. The number of pyridine rings is 1. The Morgan fingerprint density at radius 1 is 1.14 bits per heavy atom. The second-order valence-electron chi connectivity index (χ2n) is 8.27. The highest BCUT2D eigenvalue weighted by Gasteiger charge is 2.15. The second-order valence-corrected chi connectivity index (χ2v) is 8.68. The van der Waals surface area contributed by atoms with E-state index in [0.29, 0.717) is 23.0 Å². The summed E-state index contributed by atoms with van der Waals surface area (Å²) >= 11 is 6.35. The van der Waals surface area contributed by atoms with Crippen molar-refractivity contribution >= 4 is 28.8 Å². The molecule has 0 bridgehead atoms. The Bertz CT molecular complexity index is 1130. The number of nitrogen functional groups attached to an aromatic ring is 1. The van der Waals surface area contributed by atoms with Crippen molar-refractivity contribution in [1.29, 1.82) is 0 Å². The monoisotopic (exact) mass is 500 g/mol. The zero-order chi connectivity index (χ0) is 26.0. The fourth-order valence-corrected chi connectivity index (χ4v) is 3.88. The first-order chi connectivity index (χ1) is 16.7. The van der Waals surface area contributed by atoms with Gasteiger partial charge in [-0.3, -0.25) is 9.36 Å². The molecule has 0 atom stereocenters. The second kappa shape index (κ2) is 13.7. The third-order valence-corrected chi connectivity index (χ3v) is 5.84. The fraction of sp³-hybridized carbons (Fsp3) is 0.423. The summed E-state index contributed by atoms with van der Waals surface area (Å²) in [6.45, 7) is 6.20. The average Bonchev–Trinajstić information content (AvgIpc) is 3.40. The van der Waals surface area contributed by atoms with E-state index in [1.807, 2.05) is 62.4 Å². The van der Waals surface area contributed by atoms with Gasteiger partial charge in [0, 0.05) is 58.3 Å². The molecule has 1 aliphatic rings. The van der Waals surface area contributed by atoms with Gasteiger partial charge >= 0.3 is 0 Å². The molecule has 0 radical (unpaired) electrons. The van der Waals surface area contributed by atoms with E-state index < -0.39 is 0 Å². The number of aromatic nitrogens is 3. The summed E-state index contributed by atoms with van der Waals surface area (Å²) in [5.74, 6) is 1.66. The van der Waals surface area contributed by atoms with E-state index in [0.717, 1.165) is 17.1 Å². The molecule has 1 aromatic carbocycles.